The number of benzene rings is 1. The Kier molecular flexibility index (Phi) is 4.27. The Bertz CT molecular complexity index is 1220. The molecular weight excluding hydrogens is 378 g/mol. The lowest BCUT2D eigenvalue weighted by molar-refractivity contribution is 0.413. The first kappa shape index (κ1) is 18.7. The number of aromatic nitrogens is 4. The number of aryl methyl sites for hydroxylation is 1. The molecule has 30 heavy (non-hydrogen) atoms. The van der Waals surface area contributed by atoms with Crippen LogP contribution in [0.4, 0.5) is 5.69 Å². The van der Waals surface area contributed by atoms with Crippen LogP contribution in [0.15, 0.2) is 41.1 Å². The summed E-state index contributed by atoms with van der Waals surface area (Å²) in [4.78, 5) is 19.4. The first-order chi connectivity index (χ1) is 14.4. The molecule has 1 fully saturated rings. The summed E-state index contributed by atoms with van der Waals surface area (Å²) in [5.74, 6) is 2.76. The minimum atomic E-state index is 0.305. The third-order valence-corrected chi connectivity index (χ3v) is 5.69. The quantitative estimate of drug-likeness (QED) is 0.525. The minimum Gasteiger partial charge on any atom is -0.497 e. The van der Waals surface area contributed by atoms with Crippen molar-refractivity contribution in [2.24, 2.45) is 5.41 Å². The van der Waals surface area contributed by atoms with Gasteiger partial charge >= 0.3 is 0 Å². The van der Waals surface area contributed by atoms with Crippen molar-refractivity contribution in [3.05, 3.63) is 42.4 Å². The van der Waals surface area contributed by atoms with Crippen molar-refractivity contribution in [2.75, 3.05) is 25.1 Å². The van der Waals surface area contributed by atoms with Crippen molar-refractivity contribution < 1.29 is 9.15 Å². The summed E-state index contributed by atoms with van der Waals surface area (Å²) in [6.45, 7) is 8.57. The fourth-order valence-corrected chi connectivity index (χ4v) is 4.06. The van der Waals surface area contributed by atoms with E-state index in [1.54, 1.807) is 13.4 Å². The van der Waals surface area contributed by atoms with Crippen LogP contribution in [0.3, 0.4) is 0 Å². The number of hydrogen-bond donors (Lipinski definition) is 1. The molecule has 0 aliphatic carbocycles. The molecule has 1 aliphatic heterocycles. The molecule has 0 atom stereocenters. The van der Waals surface area contributed by atoms with E-state index < -0.39 is 0 Å². The van der Waals surface area contributed by atoms with E-state index >= 15 is 0 Å². The highest BCUT2D eigenvalue weighted by Gasteiger charge is 2.30. The molecule has 1 saturated heterocycles. The number of methoxy groups -OCH3 is 1. The van der Waals surface area contributed by atoms with Gasteiger partial charge in [0.1, 0.15) is 22.7 Å². The van der Waals surface area contributed by atoms with Gasteiger partial charge in [0.15, 0.2) is 17.2 Å². The van der Waals surface area contributed by atoms with E-state index in [9.17, 15) is 0 Å². The van der Waals surface area contributed by atoms with E-state index in [1.165, 1.54) is 6.42 Å². The van der Waals surface area contributed by atoms with Gasteiger partial charge in [-0.2, -0.15) is 0 Å². The number of anilines is 1. The SMILES string of the molecule is COc1cc(-c2nc(-c3ccc(C)o3)nc3nc[nH]c23)cc(N2CCC(C)(C)C2)c1. The Morgan fingerprint density at radius 3 is 2.73 bits per heavy atom. The van der Waals surface area contributed by atoms with Crippen LogP contribution in [0.2, 0.25) is 0 Å². The predicted molar refractivity (Wildman–Crippen MR) is 117 cm³/mol. The van der Waals surface area contributed by atoms with Gasteiger partial charge in [0, 0.05) is 30.4 Å². The summed E-state index contributed by atoms with van der Waals surface area (Å²) in [5.41, 5.74) is 4.57. The molecule has 7 heteroatoms. The van der Waals surface area contributed by atoms with Gasteiger partial charge in [0.25, 0.3) is 0 Å². The Morgan fingerprint density at radius 2 is 2.03 bits per heavy atom. The van der Waals surface area contributed by atoms with Gasteiger partial charge < -0.3 is 19.0 Å². The zero-order valence-electron chi connectivity index (χ0n) is 17.7. The van der Waals surface area contributed by atoms with Crippen LogP contribution in [0.5, 0.6) is 5.75 Å². The average molecular weight is 403 g/mol. The number of imidazole rings is 1. The number of nitrogens with one attached hydrogen (secondary N) is 1. The Labute approximate surface area is 175 Å². The second kappa shape index (κ2) is 6.86. The van der Waals surface area contributed by atoms with Gasteiger partial charge in [-0.1, -0.05) is 13.8 Å². The number of ether oxygens (including phenoxy) is 1. The molecule has 4 aromatic rings. The number of aromatic amines is 1. The van der Waals surface area contributed by atoms with Crippen LogP contribution >= 0.6 is 0 Å². The van der Waals surface area contributed by atoms with Crippen molar-refractivity contribution in [1.82, 2.24) is 19.9 Å². The molecule has 3 aromatic heterocycles. The number of rotatable bonds is 4. The standard InChI is InChI=1S/C23H25N5O2/c1-14-5-6-18(30-14)21-26-19(20-22(27-21)25-13-24-20)15-9-16(11-17(10-15)29-4)28-8-7-23(2,3)12-28/h5-6,9-11,13H,7-8,12H2,1-4H3,(H,24,25,26,27). The number of H-pyrrole nitrogens is 1. The third-order valence-electron chi connectivity index (χ3n) is 5.69. The molecule has 1 N–H and O–H groups in total. The molecule has 0 spiro atoms. The summed E-state index contributed by atoms with van der Waals surface area (Å²) in [6, 6.07) is 10.1. The number of fused-ring (bicyclic) bond motifs is 1. The Hall–Kier alpha value is -3.35. The number of hydrogen-bond acceptors (Lipinski definition) is 6. The monoisotopic (exact) mass is 403 g/mol. The number of furan rings is 1. The second-order valence-corrected chi connectivity index (χ2v) is 8.66. The molecule has 0 bridgehead atoms. The van der Waals surface area contributed by atoms with Crippen LogP contribution in [0, 0.1) is 12.3 Å². The first-order valence-electron chi connectivity index (χ1n) is 10.1. The van der Waals surface area contributed by atoms with Crippen LogP contribution in [0.1, 0.15) is 26.0 Å². The molecule has 154 valence electrons. The van der Waals surface area contributed by atoms with Crippen molar-refractivity contribution in [2.45, 2.75) is 27.2 Å². The van der Waals surface area contributed by atoms with Crippen molar-refractivity contribution >= 4 is 16.9 Å². The zero-order valence-corrected chi connectivity index (χ0v) is 17.7. The third kappa shape index (κ3) is 3.30. The van der Waals surface area contributed by atoms with Gasteiger partial charge in [0.2, 0.25) is 0 Å². The number of nitrogens with zero attached hydrogens (tertiary/aromatic N) is 4. The summed E-state index contributed by atoms with van der Waals surface area (Å²) in [6.07, 6.45) is 2.81. The highest BCUT2D eigenvalue weighted by molar-refractivity contribution is 5.89. The molecular formula is C23H25N5O2. The minimum absolute atomic E-state index is 0.305. The highest BCUT2D eigenvalue weighted by atomic mass is 16.5. The topological polar surface area (TPSA) is 80.1 Å². The smallest absolute Gasteiger partial charge is 0.198 e. The van der Waals surface area contributed by atoms with Gasteiger partial charge in [-0.25, -0.2) is 15.0 Å². The molecule has 0 amide bonds. The van der Waals surface area contributed by atoms with Crippen LogP contribution < -0.4 is 9.64 Å². The highest BCUT2D eigenvalue weighted by Crippen LogP contribution is 2.37. The van der Waals surface area contributed by atoms with E-state index in [-0.39, 0.29) is 0 Å². The molecule has 0 radical (unpaired) electrons. The molecule has 4 heterocycles. The summed E-state index contributed by atoms with van der Waals surface area (Å²) >= 11 is 0. The second-order valence-electron chi connectivity index (χ2n) is 8.66. The van der Waals surface area contributed by atoms with Gasteiger partial charge in [-0.05, 0) is 43.0 Å². The fraction of sp³-hybridized carbons (Fsp3) is 0.348. The van der Waals surface area contributed by atoms with E-state index in [4.69, 9.17) is 14.1 Å². The lowest BCUT2D eigenvalue weighted by Crippen LogP contribution is -2.22. The van der Waals surface area contributed by atoms with Gasteiger partial charge in [0.05, 0.1) is 13.4 Å². The predicted octanol–water partition coefficient (Wildman–Crippen LogP) is 4.83. The lowest BCUT2D eigenvalue weighted by Gasteiger charge is -2.23. The Balaban J connectivity index is 1.66. The summed E-state index contributed by atoms with van der Waals surface area (Å²) in [7, 11) is 1.69. The first-order valence-corrected chi connectivity index (χ1v) is 10.1. The molecule has 1 aromatic carbocycles. The van der Waals surface area contributed by atoms with Crippen LogP contribution in [-0.4, -0.2) is 40.1 Å². The van der Waals surface area contributed by atoms with Gasteiger partial charge in [-0.3, -0.25) is 0 Å². The van der Waals surface area contributed by atoms with Crippen molar-refractivity contribution in [1.29, 1.82) is 0 Å². The van der Waals surface area contributed by atoms with E-state index in [2.05, 4.69) is 45.8 Å². The maximum absolute atomic E-state index is 5.76. The fourth-order valence-electron chi connectivity index (χ4n) is 4.06. The zero-order chi connectivity index (χ0) is 20.9. The van der Waals surface area contributed by atoms with Crippen molar-refractivity contribution in [3.63, 3.8) is 0 Å². The normalized spacial score (nSPS) is 15.8. The van der Waals surface area contributed by atoms with Crippen molar-refractivity contribution in [3.8, 4) is 28.6 Å². The largest absolute Gasteiger partial charge is 0.497 e. The van der Waals surface area contributed by atoms with Crippen LogP contribution in [0.25, 0.3) is 34.0 Å². The average Bonchev–Trinajstić information content (AvgIpc) is 3.46. The molecule has 0 saturated carbocycles. The van der Waals surface area contributed by atoms with E-state index in [1.807, 2.05) is 25.1 Å². The van der Waals surface area contributed by atoms with Crippen LogP contribution in [-0.2, 0) is 0 Å². The van der Waals surface area contributed by atoms with Gasteiger partial charge in [-0.15, -0.1) is 0 Å². The van der Waals surface area contributed by atoms with E-state index in [0.717, 1.165) is 47.1 Å². The molecule has 1 aliphatic rings. The summed E-state index contributed by atoms with van der Waals surface area (Å²) in [5, 5.41) is 0. The lowest BCUT2D eigenvalue weighted by atomic mass is 9.93. The molecule has 5 rings (SSSR count). The van der Waals surface area contributed by atoms with E-state index in [0.29, 0.717) is 22.6 Å². The maximum atomic E-state index is 5.76. The molecule has 0 unspecified atom stereocenters. The Morgan fingerprint density at radius 1 is 1.17 bits per heavy atom. The maximum Gasteiger partial charge on any atom is 0.198 e. The summed E-state index contributed by atoms with van der Waals surface area (Å²) < 4.78 is 11.4. The molecule has 7 nitrogen and oxygen atoms in total.